The van der Waals surface area contributed by atoms with Crippen LogP contribution in [-0.4, -0.2) is 4.98 Å². The lowest BCUT2D eigenvalue weighted by molar-refractivity contribution is -0.448. The minimum Gasteiger partial charge on any atom is -0.236 e. The molecule has 170 valence electrons. The van der Waals surface area contributed by atoms with Crippen LogP contribution in [0.5, 0.6) is 0 Å². The maximum Gasteiger partial charge on any atom is 0.293 e. The van der Waals surface area contributed by atoms with Crippen LogP contribution in [0.4, 0.5) is 0 Å². The van der Waals surface area contributed by atoms with Crippen molar-refractivity contribution in [1.82, 2.24) is 4.98 Å². The Bertz CT molecular complexity index is 2210. The summed E-state index contributed by atoms with van der Waals surface area (Å²) < 4.78 is 2.35. The van der Waals surface area contributed by atoms with Gasteiger partial charge in [0.1, 0.15) is 11.6 Å². The molecule has 3 heteroatoms. The summed E-state index contributed by atoms with van der Waals surface area (Å²) in [5.41, 5.74) is 7.52. The van der Waals surface area contributed by atoms with Gasteiger partial charge in [0.05, 0.1) is 10.9 Å². The van der Waals surface area contributed by atoms with Crippen LogP contribution < -0.4 is 4.40 Å². The average Bonchev–Trinajstić information content (AvgIpc) is 3.35. The maximum atomic E-state index is 10.1. The number of para-hydroxylation sites is 1. The van der Waals surface area contributed by atoms with E-state index in [1.807, 2.05) is 12.1 Å². The lowest BCUT2D eigenvalue weighted by Gasteiger charge is -2.14. The number of H-pyrrole nitrogens is 1. The molecule has 0 saturated heterocycles. The molecule has 8 aromatic rings. The number of rotatable bonds is 1. The molecule has 0 unspecified atom stereocenters. The van der Waals surface area contributed by atoms with E-state index in [0.29, 0.717) is 0 Å². The Balaban J connectivity index is 1.56. The molecule has 2 aromatic heterocycles. The Kier molecular flexibility index (Phi) is 4.01. The summed E-state index contributed by atoms with van der Waals surface area (Å²) in [6.07, 6.45) is 0. The third-order valence-corrected chi connectivity index (χ3v) is 7.66. The van der Waals surface area contributed by atoms with Gasteiger partial charge in [-0.1, -0.05) is 84.9 Å². The highest BCUT2D eigenvalue weighted by Gasteiger charge is 2.21. The first kappa shape index (κ1) is 20.0. The minimum atomic E-state index is 0.731. The molecule has 0 saturated carbocycles. The number of benzene rings is 6. The van der Waals surface area contributed by atoms with Crippen molar-refractivity contribution in [2.24, 2.45) is 0 Å². The number of aromatic amines is 1. The summed E-state index contributed by atoms with van der Waals surface area (Å²) in [4.78, 5) is 3.70. The van der Waals surface area contributed by atoms with Crippen molar-refractivity contribution in [2.75, 3.05) is 0 Å². The smallest absolute Gasteiger partial charge is 0.236 e. The van der Waals surface area contributed by atoms with Crippen molar-refractivity contribution in [3.8, 4) is 17.2 Å². The van der Waals surface area contributed by atoms with Crippen molar-refractivity contribution in [3.05, 3.63) is 121 Å². The van der Waals surface area contributed by atoms with Crippen LogP contribution in [0.15, 0.2) is 115 Å². The Hall–Kier alpha value is -5.20. The molecular weight excluding hydrogens is 450 g/mol. The summed E-state index contributed by atoms with van der Waals surface area (Å²) in [5.74, 6) is 0. The minimum absolute atomic E-state index is 0.731. The molecule has 37 heavy (non-hydrogen) atoms. The third kappa shape index (κ3) is 2.67. The van der Waals surface area contributed by atoms with Crippen LogP contribution in [0.25, 0.3) is 71.0 Å². The highest BCUT2D eigenvalue weighted by molar-refractivity contribution is 6.17. The van der Waals surface area contributed by atoms with E-state index in [2.05, 4.69) is 119 Å². The van der Waals surface area contributed by atoms with Crippen LogP contribution in [0.1, 0.15) is 5.56 Å². The molecule has 8 rings (SSSR count). The fraction of sp³-hybridized carbons (Fsp3) is 0. The average molecular weight is 471 g/mol. The van der Waals surface area contributed by atoms with E-state index in [0.717, 1.165) is 54.9 Å². The SMILES string of the molecule is N#Cc1c2ccccc2c(-c2ccc3[nH]c4c5ccccc5c5ccccc5[n+]4c3c2)c2ccccc12. The largest absolute Gasteiger partial charge is 0.293 e. The number of aromatic nitrogens is 2. The molecule has 0 fully saturated rings. The van der Waals surface area contributed by atoms with Gasteiger partial charge in [-0.25, -0.2) is 4.98 Å². The summed E-state index contributed by atoms with van der Waals surface area (Å²) in [6, 6.07) is 42.9. The van der Waals surface area contributed by atoms with E-state index in [-0.39, 0.29) is 0 Å². The highest BCUT2D eigenvalue weighted by Crippen LogP contribution is 2.40. The number of nitriles is 1. The molecule has 0 radical (unpaired) electrons. The Labute approximate surface area is 212 Å². The van der Waals surface area contributed by atoms with Crippen LogP contribution in [0.2, 0.25) is 0 Å². The number of imidazole rings is 1. The zero-order chi connectivity index (χ0) is 24.5. The van der Waals surface area contributed by atoms with E-state index < -0.39 is 0 Å². The van der Waals surface area contributed by atoms with E-state index in [1.165, 1.54) is 21.7 Å². The van der Waals surface area contributed by atoms with Crippen LogP contribution >= 0.6 is 0 Å². The topological polar surface area (TPSA) is 43.7 Å². The van der Waals surface area contributed by atoms with Crippen molar-refractivity contribution in [3.63, 3.8) is 0 Å². The summed E-state index contributed by atoms with van der Waals surface area (Å²) in [7, 11) is 0. The quantitative estimate of drug-likeness (QED) is 0.147. The second-order valence-corrected chi connectivity index (χ2v) is 9.56. The van der Waals surface area contributed by atoms with Crippen molar-refractivity contribution in [2.45, 2.75) is 0 Å². The molecule has 0 bridgehead atoms. The summed E-state index contributed by atoms with van der Waals surface area (Å²) in [5, 5.41) is 17.9. The second kappa shape index (κ2) is 7.40. The van der Waals surface area contributed by atoms with Gasteiger partial charge in [0, 0.05) is 21.5 Å². The number of hydrogen-bond acceptors (Lipinski definition) is 1. The number of hydrogen-bond donors (Lipinski definition) is 1. The Morgan fingerprint density at radius 1 is 0.541 bits per heavy atom. The monoisotopic (exact) mass is 470 g/mol. The molecular formula is C34H20N3+. The molecule has 3 nitrogen and oxygen atoms in total. The van der Waals surface area contributed by atoms with Gasteiger partial charge in [-0.2, -0.15) is 9.66 Å². The molecule has 0 aliphatic carbocycles. The van der Waals surface area contributed by atoms with Crippen LogP contribution in [0.3, 0.4) is 0 Å². The zero-order valence-electron chi connectivity index (χ0n) is 19.9. The molecule has 0 aliphatic heterocycles. The summed E-state index contributed by atoms with van der Waals surface area (Å²) in [6.45, 7) is 0. The lowest BCUT2D eigenvalue weighted by Crippen LogP contribution is -2.21. The molecule has 1 N–H and O–H groups in total. The van der Waals surface area contributed by atoms with Crippen molar-refractivity contribution >= 4 is 59.9 Å². The van der Waals surface area contributed by atoms with Gasteiger partial charge in [0.15, 0.2) is 11.0 Å². The zero-order valence-corrected chi connectivity index (χ0v) is 19.9. The normalized spacial score (nSPS) is 11.8. The third-order valence-electron chi connectivity index (χ3n) is 7.66. The van der Waals surface area contributed by atoms with Gasteiger partial charge in [0.2, 0.25) is 0 Å². The van der Waals surface area contributed by atoms with E-state index in [1.54, 1.807) is 0 Å². The van der Waals surface area contributed by atoms with Crippen molar-refractivity contribution in [1.29, 1.82) is 5.26 Å². The Morgan fingerprint density at radius 3 is 1.78 bits per heavy atom. The van der Waals surface area contributed by atoms with E-state index >= 15 is 0 Å². The molecule has 0 atom stereocenters. The predicted octanol–water partition coefficient (Wildman–Crippen LogP) is 8.06. The van der Waals surface area contributed by atoms with Crippen molar-refractivity contribution < 1.29 is 4.40 Å². The molecule has 0 aliphatic rings. The van der Waals surface area contributed by atoms with Gasteiger partial charge in [-0.3, -0.25) is 0 Å². The van der Waals surface area contributed by atoms with Gasteiger partial charge < -0.3 is 0 Å². The second-order valence-electron chi connectivity index (χ2n) is 9.56. The predicted molar refractivity (Wildman–Crippen MR) is 152 cm³/mol. The standard InChI is InChI=1S/C34H19N3/c35-20-29-23-10-1-4-13-26(23)33(27-14-5-2-11-24(27)29)21-17-18-30-32(19-21)37-31-16-8-7-12-25(31)22-9-3-6-15-28(22)34(37)36-30/h1-19H/p+1. The highest BCUT2D eigenvalue weighted by atomic mass is 15.0. The summed E-state index contributed by atoms with van der Waals surface area (Å²) >= 11 is 0. The van der Waals surface area contributed by atoms with Gasteiger partial charge in [-0.05, 0) is 52.2 Å². The first-order valence-electron chi connectivity index (χ1n) is 12.4. The number of nitrogens with zero attached hydrogens (tertiary/aromatic N) is 2. The van der Waals surface area contributed by atoms with Gasteiger partial charge in [-0.15, -0.1) is 0 Å². The van der Waals surface area contributed by atoms with Gasteiger partial charge in [0.25, 0.3) is 5.65 Å². The fourth-order valence-corrected chi connectivity index (χ4v) is 6.10. The van der Waals surface area contributed by atoms with Gasteiger partial charge >= 0.3 is 0 Å². The number of nitrogens with one attached hydrogen (secondary N) is 1. The lowest BCUT2D eigenvalue weighted by atomic mass is 9.89. The maximum absolute atomic E-state index is 10.1. The first-order chi connectivity index (χ1) is 18.3. The number of pyridine rings is 1. The van der Waals surface area contributed by atoms with E-state index in [4.69, 9.17) is 0 Å². The van der Waals surface area contributed by atoms with Crippen LogP contribution in [0, 0.1) is 11.3 Å². The molecule has 2 heterocycles. The van der Waals surface area contributed by atoms with Crippen LogP contribution in [-0.2, 0) is 0 Å². The molecule has 0 spiro atoms. The molecule has 6 aromatic carbocycles. The fourth-order valence-electron chi connectivity index (χ4n) is 6.10. The number of fused-ring (bicyclic) bond motifs is 10. The van der Waals surface area contributed by atoms with E-state index in [9.17, 15) is 5.26 Å². The molecule has 0 amide bonds. The Morgan fingerprint density at radius 2 is 1.11 bits per heavy atom. The first-order valence-corrected chi connectivity index (χ1v) is 12.4.